The second-order valence-electron chi connectivity index (χ2n) is 4.42. The summed E-state index contributed by atoms with van der Waals surface area (Å²) >= 11 is 0. The lowest BCUT2D eigenvalue weighted by molar-refractivity contribution is 0.0198. The largest absolute Gasteiger partial charge is 0.379 e. The summed E-state index contributed by atoms with van der Waals surface area (Å²) in [4.78, 5) is 2.49. The molecule has 2 nitrogen and oxygen atoms in total. The molecule has 1 heterocycles. The molecule has 1 aliphatic heterocycles. The number of aryl methyl sites for hydroxylation is 1. The third-order valence-electron chi connectivity index (χ3n) is 3.46. The summed E-state index contributed by atoms with van der Waals surface area (Å²) in [7, 11) is 0. The van der Waals surface area contributed by atoms with Crippen LogP contribution in [0.25, 0.3) is 0 Å². The van der Waals surface area contributed by atoms with Crippen LogP contribution in [0.4, 0.5) is 0 Å². The van der Waals surface area contributed by atoms with Gasteiger partial charge < -0.3 is 4.74 Å². The van der Waals surface area contributed by atoms with Gasteiger partial charge >= 0.3 is 0 Å². The van der Waals surface area contributed by atoms with E-state index in [1.807, 2.05) is 0 Å². The fourth-order valence-corrected chi connectivity index (χ4v) is 2.21. The van der Waals surface area contributed by atoms with E-state index >= 15 is 0 Å². The molecule has 0 radical (unpaired) electrons. The van der Waals surface area contributed by atoms with Gasteiger partial charge in [-0.25, -0.2) is 0 Å². The van der Waals surface area contributed by atoms with Gasteiger partial charge in [0.1, 0.15) is 0 Å². The van der Waals surface area contributed by atoms with E-state index in [0.717, 1.165) is 32.7 Å². The Bertz CT molecular complexity index is 314. The lowest BCUT2D eigenvalue weighted by Gasteiger charge is -2.32. The molecule has 1 fully saturated rings. The highest BCUT2D eigenvalue weighted by atomic mass is 16.5. The predicted molar refractivity (Wildman–Crippen MR) is 66.6 cm³/mol. The molecule has 16 heavy (non-hydrogen) atoms. The molecule has 0 aliphatic carbocycles. The van der Waals surface area contributed by atoms with Crippen molar-refractivity contribution in [2.24, 2.45) is 0 Å². The van der Waals surface area contributed by atoms with Crippen molar-refractivity contribution in [3.05, 3.63) is 35.4 Å². The van der Waals surface area contributed by atoms with Gasteiger partial charge in [0.15, 0.2) is 0 Å². The summed E-state index contributed by atoms with van der Waals surface area (Å²) in [6.07, 6.45) is 1.12. The monoisotopic (exact) mass is 219 g/mol. The molecule has 0 spiro atoms. The molecular formula is C14H21NO. The topological polar surface area (TPSA) is 12.5 Å². The molecule has 1 aliphatic rings. The molecule has 1 unspecified atom stereocenters. The van der Waals surface area contributed by atoms with Crippen molar-refractivity contribution in [3.63, 3.8) is 0 Å². The van der Waals surface area contributed by atoms with Crippen LogP contribution in [0.2, 0.25) is 0 Å². The quantitative estimate of drug-likeness (QED) is 0.775. The van der Waals surface area contributed by atoms with E-state index in [9.17, 15) is 0 Å². The first-order chi connectivity index (χ1) is 7.81. The maximum atomic E-state index is 5.38. The first-order valence-corrected chi connectivity index (χ1v) is 6.22. The molecule has 0 aromatic heterocycles. The van der Waals surface area contributed by atoms with Gasteiger partial charge in [-0.05, 0) is 24.5 Å². The molecule has 1 aromatic carbocycles. The molecule has 1 saturated heterocycles. The normalized spacial score (nSPS) is 19.6. The van der Waals surface area contributed by atoms with Crippen LogP contribution in [0.5, 0.6) is 0 Å². The number of morpholine rings is 1. The van der Waals surface area contributed by atoms with E-state index in [-0.39, 0.29) is 0 Å². The predicted octanol–water partition coefficient (Wildman–Crippen LogP) is 2.64. The minimum absolute atomic E-state index is 0.509. The minimum Gasteiger partial charge on any atom is -0.379 e. The number of hydrogen-bond donors (Lipinski definition) is 0. The summed E-state index contributed by atoms with van der Waals surface area (Å²) < 4.78 is 5.38. The molecular weight excluding hydrogens is 198 g/mol. The number of benzene rings is 1. The Morgan fingerprint density at radius 2 is 1.81 bits per heavy atom. The van der Waals surface area contributed by atoms with Gasteiger partial charge in [0, 0.05) is 19.1 Å². The Kier molecular flexibility index (Phi) is 3.97. The van der Waals surface area contributed by atoms with Gasteiger partial charge in [-0.2, -0.15) is 0 Å². The van der Waals surface area contributed by atoms with Crippen molar-refractivity contribution in [2.75, 3.05) is 26.3 Å². The summed E-state index contributed by atoms with van der Waals surface area (Å²) in [5.74, 6) is 0. The second kappa shape index (κ2) is 5.46. The number of hydrogen-bond acceptors (Lipinski definition) is 2. The van der Waals surface area contributed by atoms with E-state index in [1.165, 1.54) is 11.1 Å². The van der Waals surface area contributed by atoms with E-state index in [1.54, 1.807) is 0 Å². The Labute approximate surface area is 98.2 Å². The van der Waals surface area contributed by atoms with Crippen LogP contribution in [-0.2, 0) is 11.2 Å². The van der Waals surface area contributed by atoms with Crippen LogP contribution >= 0.6 is 0 Å². The van der Waals surface area contributed by atoms with Gasteiger partial charge in [0.25, 0.3) is 0 Å². The molecule has 0 N–H and O–H groups in total. The Hall–Kier alpha value is -0.860. The van der Waals surface area contributed by atoms with Crippen LogP contribution in [0.15, 0.2) is 24.3 Å². The van der Waals surface area contributed by atoms with Crippen molar-refractivity contribution in [1.82, 2.24) is 4.90 Å². The summed E-state index contributed by atoms with van der Waals surface area (Å²) in [5.41, 5.74) is 2.83. The molecule has 0 amide bonds. The summed E-state index contributed by atoms with van der Waals surface area (Å²) in [6.45, 7) is 8.33. The fourth-order valence-electron chi connectivity index (χ4n) is 2.21. The highest BCUT2D eigenvalue weighted by Crippen LogP contribution is 2.21. The third kappa shape index (κ3) is 2.63. The SMILES string of the molecule is CCc1ccc(C(C)N2CCOCC2)cc1. The molecule has 0 bridgehead atoms. The van der Waals surface area contributed by atoms with E-state index in [0.29, 0.717) is 6.04 Å². The molecule has 2 heteroatoms. The van der Waals surface area contributed by atoms with E-state index in [4.69, 9.17) is 4.74 Å². The second-order valence-corrected chi connectivity index (χ2v) is 4.42. The molecule has 1 atom stereocenters. The van der Waals surface area contributed by atoms with Crippen molar-refractivity contribution in [3.8, 4) is 0 Å². The van der Waals surface area contributed by atoms with Crippen molar-refractivity contribution in [2.45, 2.75) is 26.3 Å². The average molecular weight is 219 g/mol. The van der Waals surface area contributed by atoms with Crippen molar-refractivity contribution < 1.29 is 4.74 Å². The highest BCUT2D eigenvalue weighted by Gasteiger charge is 2.17. The van der Waals surface area contributed by atoms with E-state index < -0.39 is 0 Å². The first-order valence-electron chi connectivity index (χ1n) is 6.22. The zero-order chi connectivity index (χ0) is 11.4. The number of ether oxygens (including phenoxy) is 1. The van der Waals surface area contributed by atoms with Crippen LogP contribution in [-0.4, -0.2) is 31.2 Å². The molecule has 88 valence electrons. The van der Waals surface area contributed by atoms with Gasteiger partial charge in [-0.3, -0.25) is 4.90 Å². The minimum atomic E-state index is 0.509. The lowest BCUT2D eigenvalue weighted by atomic mass is 10.0. The highest BCUT2D eigenvalue weighted by molar-refractivity contribution is 5.24. The zero-order valence-electron chi connectivity index (χ0n) is 10.3. The van der Waals surface area contributed by atoms with Gasteiger partial charge in [-0.15, -0.1) is 0 Å². The fraction of sp³-hybridized carbons (Fsp3) is 0.571. The van der Waals surface area contributed by atoms with Crippen LogP contribution in [0.1, 0.15) is 31.0 Å². The van der Waals surface area contributed by atoms with Gasteiger partial charge in [0.2, 0.25) is 0 Å². The molecule has 2 rings (SSSR count). The molecule has 1 aromatic rings. The number of rotatable bonds is 3. The molecule has 0 saturated carbocycles. The van der Waals surface area contributed by atoms with Crippen LogP contribution in [0.3, 0.4) is 0 Å². The lowest BCUT2D eigenvalue weighted by Crippen LogP contribution is -2.37. The Balaban J connectivity index is 2.04. The van der Waals surface area contributed by atoms with E-state index in [2.05, 4.69) is 43.0 Å². The van der Waals surface area contributed by atoms with Gasteiger partial charge in [0.05, 0.1) is 13.2 Å². The number of nitrogens with zero attached hydrogens (tertiary/aromatic N) is 1. The van der Waals surface area contributed by atoms with Crippen molar-refractivity contribution >= 4 is 0 Å². The third-order valence-corrected chi connectivity index (χ3v) is 3.46. The van der Waals surface area contributed by atoms with Crippen LogP contribution < -0.4 is 0 Å². The maximum absolute atomic E-state index is 5.38. The zero-order valence-corrected chi connectivity index (χ0v) is 10.3. The summed E-state index contributed by atoms with van der Waals surface area (Å²) in [6, 6.07) is 9.52. The average Bonchev–Trinajstić information content (AvgIpc) is 2.39. The Morgan fingerprint density at radius 3 is 2.38 bits per heavy atom. The van der Waals surface area contributed by atoms with Gasteiger partial charge in [-0.1, -0.05) is 31.2 Å². The summed E-state index contributed by atoms with van der Waals surface area (Å²) in [5, 5.41) is 0. The standard InChI is InChI=1S/C14H21NO/c1-3-13-4-6-14(7-5-13)12(2)15-8-10-16-11-9-15/h4-7,12H,3,8-11H2,1-2H3. The Morgan fingerprint density at radius 1 is 1.19 bits per heavy atom. The smallest absolute Gasteiger partial charge is 0.0594 e. The first kappa shape index (κ1) is 11.6. The van der Waals surface area contributed by atoms with Crippen LogP contribution in [0, 0.1) is 0 Å². The van der Waals surface area contributed by atoms with Crippen molar-refractivity contribution in [1.29, 1.82) is 0 Å². The maximum Gasteiger partial charge on any atom is 0.0594 e.